The lowest BCUT2D eigenvalue weighted by Gasteiger charge is -2.06. The third kappa shape index (κ3) is 3.49. The second-order valence-electron chi connectivity index (χ2n) is 2.22. The summed E-state index contributed by atoms with van der Waals surface area (Å²) in [6, 6.07) is 0. The number of hydrogen-bond acceptors (Lipinski definition) is 4. The highest BCUT2D eigenvalue weighted by Crippen LogP contribution is 2.10. The predicted molar refractivity (Wildman–Crippen MR) is 43.7 cm³/mol. The third-order valence-electron chi connectivity index (χ3n) is 1.05. The Labute approximate surface area is 72.8 Å². The number of allylic oxidation sites excluding steroid dienone is 1. The minimum atomic E-state index is -0.700. The molecule has 0 heterocycles. The molecule has 0 spiro atoms. The zero-order valence-electron chi connectivity index (χ0n) is 7.29. The largest absolute Gasteiger partial charge is 0.487 e. The molecule has 0 fully saturated rings. The Hall–Kier alpha value is -0.890. The van der Waals surface area contributed by atoms with Gasteiger partial charge in [0.2, 0.25) is 5.76 Å². The summed E-state index contributed by atoms with van der Waals surface area (Å²) in [6.45, 7) is 5.57. The quantitative estimate of drug-likeness (QED) is 0.387. The lowest BCUT2D eigenvalue weighted by Crippen LogP contribution is -2.07. The third-order valence-corrected chi connectivity index (χ3v) is 1.29. The van der Waals surface area contributed by atoms with Crippen LogP contribution in [0.1, 0.15) is 20.8 Å². The molecule has 0 radical (unpaired) electrons. The Balaban J connectivity index is 4.41. The molecule has 12 heavy (non-hydrogen) atoms. The van der Waals surface area contributed by atoms with Gasteiger partial charge < -0.3 is 9.26 Å². The monoisotopic (exact) mass is 190 g/mol. The second-order valence-corrected chi connectivity index (χ2v) is 2.55. The predicted octanol–water partition coefficient (Wildman–Crippen LogP) is 2.07. The fourth-order valence-electron chi connectivity index (χ4n) is 0.627. The molecule has 0 aliphatic carbocycles. The van der Waals surface area contributed by atoms with Gasteiger partial charge in [0, 0.05) is 0 Å². The molecule has 5 heteroatoms. The van der Waals surface area contributed by atoms with Gasteiger partial charge in [-0.15, -0.1) is 0 Å². The van der Waals surface area contributed by atoms with Crippen LogP contribution in [0, 0.1) is 0 Å². The standard InChI is InChI=1S/C7H11O4P/c1-4-10-6(5(2)3)7(8)11-12-9/h4H2,1-3H3. The molecule has 0 amide bonds. The first-order chi connectivity index (χ1) is 5.63. The summed E-state index contributed by atoms with van der Waals surface area (Å²) in [4.78, 5) is 11.0. The summed E-state index contributed by atoms with van der Waals surface area (Å²) in [5.74, 6) is -0.575. The lowest BCUT2D eigenvalue weighted by molar-refractivity contribution is -0.133. The van der Waals surface area contributed by atoms with E-state index in [4.69, 9.17) is 4.74 Å². The van der Waals surface area contributed by atoms with Gasteiger partial charge in [-0.05, 0) is 26.3 Å². The number of rotatable bonds is 4. The fourth-order valence-corrected chi connectivity index (χ4v) is 0.778. The van der Waals surface area contributed by atoms with E-state index in [1.807, 2.05) is 0 Å². The van der Waals surface area contributed by atoms with Crippen molar-refractivity contribution in [2.45, 2.75) is 20.8 Å². The van der Waals surface area contributed by atoms with Gasteiger partial charge in [-0.1, -0.05) is 0 Å². The highest BCUT2D eigenvalue weighted by molar-refractivity contribution is 7.18. The minimum absolute atomic E-state index is 0.126. The summed E-state index contributed by atoms with van der Waals surface area (Å²) in [5, 5.41) is 0. The Morgan fingerprint density at radius 3 is 2.33 bits per heavy atom. The van der Waals surface area contributed by atoms with Crippen molar-refractivity contribution in [3.8, 4) is 0 Å². The Kier molecular flexibility index (Phi) is 5.30. The van der Waals surface area contributed by atoms with E-state index in [-0.39, 0.29) is 5.76 Å². The van der Waals surface area contributed by atoms with Crippen LogP contribution in [-0.2, 0) is 18.6 Å². The van der Waals surface area contributed by atoms with E-state index in [9.17, 15) is 9.36 Å². The molecule has 0 aromatic rings. The van der Waals surface area contributed by atoms with E-state index in [1.54, 1.807) is 20.8 Å². The molecular formula is C7H11O4P. The Morgan fingerprint density at radius 2 is 2.00 bits per heavy atom. The lowest BCUT2D eigenvalue weighted by atomic mass is 10.3. The highest BCUT2D eigenvalue weighted by Gasteiger charge is 2.13. The molecule has 0 aromatic carbocycles. The molecule has 0 aliphatic rings. The zero-order chi connectivity index (χ0) is 9.56. The highest BCUT2D eigenvalue weighted by atomic mass is 31.1. The maximum Gasteiger partial charge on any atom is 0.398 e. The van der Waals surface area contributed by atoms with E-state index >= 15 is 0 Å². The van der Waals surface area contributed by atoms with Crippen molar-refractivity contribution in [2.24, 2.45) is 0 Å². The molecule has 0 saturated carbocycles. The van der Waals surface area contributed by atoms with Crippen molar-refractivity contribution >= 4 is 14.7 Å². The molecule has 0 bridgehead atoms. The van der Waals surface area contributed by atoms with Crippen LogP contribution < -0.4 is 0 Å². The summed E-state index contributed by atoms with van der Waals surface area (Å²) < 4.78 is 19.1. The molecule has 0 atom stereocenters. The Morgan fingerprint density at radius 1 is 1.42 bits per heavy atom. The van der Waals surface area contributed by atoms with Crippen LogP contribution in [0.3, 0.4) is 0 Å². The Bertz CT molecular complexity index is 205. The smallest absolute Gasteiger partial charge is 0.398 e. The molecular weight excluding hydrogens is 179 g/mol. The second kappa shape index (κ2) is 5.72. The zero-order valence-corrected chi connectivity index (χ0v) is 8.18. The van der Waals surface area contributed by atoms with Crippen molar-refractivity contribution in [2.75, 3.05) is 6.61 Å². The van der Waals surface area contributed by atoms with Crippen LogP contribution >= 0.6 is 8.69 Å². The van der Waals surface area contributed by atoms with Crippen LogP contribution in [0.5, 0.6) is 0 Å². The van der Waals surface area contributed by atoms with Gasteiger partial charge in [0.1, 0.15) is 0 Å². The first-order valence-corrected chi connectivity index (χ1v) is 4.20. The first kappa shape index (κ1) is 11.1. The SMILES string of the molecule is CCOC(C(=O)OP=O)=C(C)C. The number of ether oxygens (including phenoxy) is 1. The van der Waals surface area contributed by atoms with Crippen molar-refractivity contribution in [3.05, 3.63) is 11.3 Å². The molecule has 68 valence electrons. The van der Waals surface area contributed by atoms with Gasteiger partial charge in [0.25, 0.3) is 0 Å². The number of carbonyl (C=O) groups excluding carboxylic acids is 1. The van der Waals surface area contributed by atoms with E-state index < -0.39 is 14.7 Å². The van der Waals surface area contributed by atoms with Crippen molar-refractivity contribution in [1.29, 1.82) is 0 Å². The van der Waals surface area contributed by atoms with E-state index in [1.165, 1.54) is 0 Å². The van der Waals surface area contributed by atoms with Gasteiger partial charge in [-0.3, -0.25) is 0 Å². The maximum absolute atomic E-state index is 11.0. The van der Waals surface area contributed by atoms with E-state index in [2.05, 4.69) is 4.52 Å². The van der Waals surface area contributed by atoms with Crippen molar-refractivity contribution in [1.82, 2.24) is 0 Å². The topological polar surface area (TPSA) is 52.6 Å². The summed E-state index contributed by atoms with van der Waals surface area (Å²) in [5.41, 5.74) is 0.700. The van der Waals surface area contributed by atoms with Gasteiger partial charge >= 0.3 is 14.7 Å². The van der Waals surface area contributed by atoms with Gasteiger partial charge in [-0.2, -0.15) is 0 Å². The maximum atomic E-state index is 11.0. The van der Waals surface area contributed by atoms with Crippen molar-refractivity contribution in [3.63, 3.8) is 0 Å². The van der Waals surface area contributed by atoms with Crippen LogP contribution in [0.4, 0.5) is 0 Å². The van der Waals surface area contributed by atoms with Crippen LogP contribution in [0.25, 0.3) is 0 Å². The van der Waals surface area contributed by atoms with Gasteiger partial charge in [-0.25, -0.2) is 9.36 Å². The molecule has 0 unspecified atom stereocenters. The van der Waals surface area contributed by atoms with E-state index in [0.717, 1.165) is 0 Å². The van der Waals surface area contributed by atoms with Gasteiger partial charge in [0.15, 0.2) is 0 Å². The normalized spacial score (nSPS) is 9.25. The van der Waals surface area contributed by atoms with Gasteiger partial charge in [0.05, 0.1) is 6.61 Å². The average molecular weight is 190 g/mol. The molecule has 0 N–H and O–H groups in total. The summed E-state index contributed by atoms with van der Waals surface area (Å²) >= 11 is 0. The average Bonchev–Trinajstić information content (AvgIpc) is 1.99. The van der Waals surface area contributed by atoms with E-state index in [0.29, 0.717) is 12.2 Å². The van der Waals surface area contributed by atoms with Crippen LogP contribution in [-0.4, -0.2) is 12.6 Å². The number of carbonyl (C=O) groups is 1. The minimum Gasteiger partial charge on any atom is -0.487 e. The molecule has 0 saturated heterocycles. The molecule has 0 aromatic heterocycles. The summed E-state index contributed by atoms with van der Waals surface area (Å²) in [6.07, 6.45) is 0. The first-order valence-electron chi connectivity index (χ1n) is 3.47. The van der Waals surface area contributed by atoms with Crippen LogP contribution in [0.2, 0.25) is 0 Å². The molecule has 0 rings (SSSR count). The fraction of sp³-hybridized carbons (Fsp3) is 0.571. The van der Waals surface area contributed by atoms with Crippen LogP contribution in [0.15, 0.2) is 11.3 Å². The molecule has 0 aliphatic heterocycles. The molecule has 4 nitrogen and oxygen atoms in total. The number of hydrogen-bond donors (Lipinski definition) is 0. The summed E-state index contributed by atoms with van der Waals surface area (Å²) in [7, 11) is -0.659. The van der Waals surface area contributed by atoms with Crippen molar-refractivity contribution < 1.29 is 18.6 Å².